The number of nitrogens with zero attached hydrogens (tertiary/aromatic N) is 6. The predicted octanol–water partition coefficient (Wildman–Crippen LogP) is 1.82. The summed E-state index contributed by atoms with van der Waals surface area (Å²) in [7, 11) is 1.54. The van der Waals surface area contributed by atoms with Crippen LogP contribution < -0.4 is 10.1 Å². The molecule has 0 spiro atoms. The summed E-state index contributed by atoms with van der Waals surface area (Å²) in [5.41, 5.74) is 2.50. The second-order valence-corrected chi connectivity index (χ2v) is 5.92. The van der Waals surface area contributed by atoms with E-state index < -0.39 is 0 Å². The zero-order chi connectivity index (χ0) is 18.6. The molecule has 0 radical (unpaired) electrons. The highest BCUT2D eigenvalue weighted by Gasteiger charge is 2.13. The summed E-state index contributed by atoms with van der Waals surface area (Å²) in [6.07, 6.45) is 5.22. The van der Waals surface area contributed by atoms with Gasteiger partial charge in [0.25, 0.3) is 5.88 Å². The topological polar surface area (TPSA) is 103 Å². The van der Waals surface area contributed by atoms with Crippen LogP contribution in [-0.4, -0.2) is 48.4 Å². The summed E-state index contributed by atoms with van der Waals surface area (Å²) in [6, 6.07) is 10.1. The van der Waals surface area contributed by atoms with Gasteiger partial charge in [-0.25, -0.2) is 9.67 Å². The lowest BCUT2D eigenvalue weighted by molar-refractivity contribution is 0.267. The van der Waals surface area contributed by atoms with Gasteiger partial charge in [-0.15, -0.1) is 5.10 Å². The van der Waals surface area contributed by atoms with E-state index in [2.05, 4.69) is 25.5 Å². The van der Waals surface area contributed by atoms with Gasteiger partial charge in [0.15, 0.2) is 5.65 Å². The maximum Gasteiger partial charge on any atom is 0.256 e. The van der Waals surface area contributed by atoms with E-state index in [9.17, 15) is 0 Å². The Morgan fingerprint density at radius 3 is 2.81 bits per heavy atom. The number of anilines is 2. The van der Waals surface area contributed by atoms with Gasteiger partial charge in [0.2, 0.25) is 5.95 Å². The molecule has 0 saturated carbocycles. The van der Waals surface area contributed by atoms with Crippen LogP contribution in [0.5, 0.6) is 5.88 Å². The number of aliphatic hydroxyl groups is 1. The molecule has 0 fully saturated rings. The zero-order valence-corrected chi connectivity index (χ0v) is 14.8. The second kappa shape index (κ2) is 7.42. The van der Waals surface area contributed by atoms with E-state index in [-0.39, 0.29) is 6.61 Å². The third kappa shape index (κ3) is 3.58. The number of benzene rings is 1. The van der Waals surface area contributed by atoms with Crippen molar-refractivity contribution in [3.8, 4) is 5.88 Å². The third-order valence-electron chi connectivity index (χ3n) is 4.05. The van der Waals surface area contributed by atoms with Crippen molar-refractivity contribution in [2.45, 2.75) is 13.1 Å². The molecule has 2 N–H and O–H groups in total. The minimum Gasteiger partial charge on any atom is -0.478 e. The lowest BCUT2D eigenvalue weighted by Crippen LogP contribution is -2.04. The second-order valence-electron chi connectivity index (χ2n) is 5.92. The molecule has 0 aliphatic rings. The van der Waals surface area contributed by atoms with Gasteiger partial charge >= 0.3 is 0 Å². The molecule has 3 aromatic heterocycles. The standard InChI is InChI=1S/C18H19N7O2/c1-27-17-15(12-24(23-17)7-8-26)21-18-19-9-14-10-20-25(16(14)22-18)11-13-5-3-2-4-6-13/h2-6,9-10,12,26H,7-8,11H2,1H3,(H,19,21,22). The van der Waals surface area contributed by atoms with Crippen molar-refractivity contribution in [3.63, 3.8) is 0 Å². The third-order valence-corrected chi connectivity index (χ3v) is 4.05. The Bertz CT molecular complexity index is 1040. The summed E-state index contributed by atoms with van der Waals surface area (Å²) in [6.45, 7) is 0.992. The van der Waals surface area contributed by atoms with Crippen molar-refractivity contribution in [1.82, 2.24) is 29.5 Å². The van der Waals surface area contributed by atoms with E-state index in [1.54, 1.807) is 23.3 Å². The Morgan fingerprint density at radius 2 is 2.04 bits per heavy atom. The van der Waals surface area contributed by atoms with Gasteiger partial charge < -0.3 is 15.2 Å². The molecule has 4 rings (SSSR count). The van der Waals surface area contributed by atoms with Crippen molar-refractivity contribution in [2.75, 3.05) is 19.0 Å². The van der Waals surface area contributed by atoms with Gasteiger partial charge in [0.1, 0.15) is 5.69 Å². The monoisotopic (exact) mass is 365 g/mol. The van der Waals surface area contributed by atoms with Crippen LogP contribution in [0.2, 0.25) is 0 Å². The number of nitrogens with one attached hydrogen (secondary N) is 1. The average Bonchev–Trinajstić information content (AvgIpc) is 3.27. The maximum atomic E-state index is 9.07. The zero-order valence-electron chi connectivity index (χ0n) is 14.8. The van der Waals surface area contributed by atoms with E-state index in [4.69, 9.17) is 9.84 Å². The van der Waals surface area contributed by atoms with Crippen molar-refractivity contribution >= 4 is 22.7 Å². The van der Waals surface area contributed by atoms with Crippen molar-refractivity contribution in [1.29, 1.82) is 0 Å². The van der Waals surface area contributed by atoms with E-state index >= 15 is 0 Å². The van der Waals surface area contributed by atoms with Crippen LogP contribution in [-0.2, 0) is 13.1 Å². The number of hydrogen-bond donors (Lipinski definition) is 2. The van der Waals surface area contributed by atoms with Crippen molar-refractivity contribution in [2.24, 2.45) is 0 Å². The smallest absolute Gasteiger partial charge is 0.256 e. The minimum atomic E-state index is -0.00853. The van der Waals surface area contributed by atoms with Gasteiger partial charge in [-0.2, -0.15) is 10.1 Å². The molecule has 3 heterocycles. The van der Waals surface area contributed by atoms with Crippen LogP contribution in [0.3, 0.4) is 0 Å². The number of ether oxygens (including phenoxy) is 1. The molecule has 0 unspecified atom stereocenters. The van der Waals surface area contributed by atoms with Crippen molar-refractivity contribution < 1.29 is 9.84 Å². The molecule has 0 aliphatic heterocycles. The first-order valence-corrected chi connectivity index (χ1v) is 8.48. The highest BCUT2D eigenvalue weighted by atomic mass is 16.5. The lowest BCUT2D eigenvalue weighted by atomic mass is 10.2. The molecule has 0 saturated heterocycles. The first-order chi connectivity index (χ1) is 13.3. The van der Waals surface area contributed by atoms with Gasteiger partial charge in [-0.3, -0.25) is 4.68 Å². The summed E-state index contributed by atoms with van der Waals surface area (Å²) in [5, 5.41) is 21.7. The molecule has 0 atom stereocenters. The van der Waals surface area contributed by atoms with Gasteiger partial charge in [-0.05, 0) is 5.56 Å². The van der Waals surface area contributed by atoms with E-state index in [1.165, 1.54) is 7.11 Å². The van der Waals surface area contributed by atoms with E-state index in [0.29, 0.717) is 30.6 Å². The van der Waals surface area contributed by atoms with E-state index in [0.717, 1.165) is 16.6 Å². The van der Waals surface area contributed by atoms with Crippen LogP contribution in [0.15, 0.2) is 48.9 Å². The quantitative estimate of drug-likeness (QED) is 0.515. The first kappa shape index (κ1) is 17.0. The van der Waals surface area contributed by atoms with Crippen LogP contribution in [0.1, 0.15) is 5.56 Å². The van der Waals surface area contributed by atoms with Gasteiger partial charge in [0.05, 0.1) is 44.6 Å². The molecule has 0 aliphatic carbocycles. The fraction of sp³-hybridized carbons (Fsp3) is 0.222. The van der Waals surface area contributed by atoms with Crippen LogP contribution in [0, 0.1) is 0 Å². The lowest BCUT2D eigenvalue weighted by Gasteiger charge is -2.06. The molecule has 0 bridgehead atoms. The Kier molecular flexibility index (Phi) is 4.67. The van der Waals surface area contributed by atoms with Gasteiger partial charge in [0, 0.05) is 6.20 Å². The molecular formula is C18H19N7O2. The highest BCUT2D eigenvalue weighted by molar-refractivity contribution is 5.75. The summed E-state index contributed by atoms with van der Waals surface area (Å²) in [5.74, 6) is 0.823. The number of rotatable bonds is 7. The summed E-state index contributed by atoms with van der Waals surface area (Å²) < 4.78 is 8.70. The van der Waals surface area contributed by atoms with Crippen LogP contribution in [0.4, 0.5) is 11.6 Å². The highest BCUT2D eigenvalue weighted by Crippen LogP contribution is 2.25. The molecule has 0 amide bonds. The van der Waals surface area contributed by atoms with Crippen LogP contribution >= 0.6 is 0 Å². The average molecular weight is 365 g/mol. The molecular weight excluding hydrogens is 346 g/mol. The molecule has 9 nitrogen and oxygen atoms in total. The molecule has 4 aromatic rings. The SMILES string of the molecule is COc1nn(CCO)cc1Nc1ncc2cnn(Cc3ccccc3)c2n1. The largest absolute Gasteiger partial charge is 0.478 e. The van der Waals surface area contributed by atoms with Gasteiger partial charge in [-0.1, -0.05) is 30.3 Å². The number of aromatic nitrogens is 6. The molecule has 1 aromatic carbocycles. The molecule has 138 valence electrons. The van der Waals surface area contributed by atoms with Crippen LogP contribution in [0.25, 0.3) is 11.0 Å². The normalized spacial score (nSPS) is 11.0. The van der Waals surface area contributed by atoms with E-state index in [1.807, 2.05) is 35.0 Å². The number of hydrogen-bond acceptors (Lipinski definition) is 7. The predicted molar refractivity (Wildman–Crippen MR) is 100 cm³/mol. The Morgan fingerprint density at radius 1 is 1.19 bits per heavy atom. The maximum absolute atomic E-state index is 9.07. The van der Waals surface area contributed by atoms with Crippen molar-refractivity contribution in [3.05, 3.63) is 54.5 Å². The fourth-order valence-corrected chi connectivity index (χ4v) is 2.78. The Labute approximate surface area is 155 Å². The summed E-state index contributed by atoms with van der Waals surface area (Å²) >= 11 is 0. The number of fused-ring (bicyclic) bond motifs is 1. The molecule has 9 heteroatoms. The fourth-order valence-electron chi connectivity index (χ4n) is 2.78. The Hall–Kier alpha value is -3.46. The number of methoxy groups -OCH3 is 1. The minimum absolute atomic E-state index is 0.00853. The first-order valence-electron chi connectivity index (χ1n) is 8.48. The Balaban J connectivity index is 1.62. The number of aliphatic hydroxyl groups excluding tert-OH is 1. The summed E-state index contributed by atoms with van der Waals surface area (Å²) in [4.78, 5) is 8.93. The molecule has 27 heavy (non-hydrogen) atoms.